The number of carbonyl (C=O) groups excluding carboxylic acids is 1. The Labute approximate surface area is 133 Å². The van der Waals surface area contributed by atoms with Crippen molar-refractivity contribution in [1.82, 2.24) is 24.8 Å². The Morgan fingerprint density at radius 1 is 1.36 bits per heavy atom. The third-order valence-electron chi connectivity index (χ3n) is 3.55. The van der Waals surface area contributed by atoms with Crippen molar-refractivity contribution < 1.29 is 4.79 Å². The third-order valence-corrected chi connectivity index (χ3v) is 3.83. The van der Waals surface area contributed by atoms with Crippen LogP contribution >= 0.6 is 11.6 Å². The summed E-state index contributed by atoms with van der Waals surface area (Å²) in [5.74, 6) is 0.287. The van der Waals surface area contributed by atoms with E-state index in [-0.39, 0.29) is 16.6 Å². The van der Waals surface area contributed by atoms with Crippen molar-refractivity contribution in [3.05, 3.63) is 35.6 Å². The van der Waals surface area contributed by atoms with Gasteiger partial charge in [-0.2, -0.15) is 0 Å². The first-order valence-corrected chi connectivity index (χ1v) is 7.63. The predicted octanol–water partition coefficient (Wildman–Crippen LogP) is 1.36. The maximum Gasteiger partial charge on any atom is 0.271 e. The Morgan fingerprint density at radius 3 is 2.91 bits per heavy atom. The SMILES string of the molecule is O=C(NCCn1ccnc1)c1nc(N2CCCC2)ncc1Cl. The summed E-state index contributed by atoms with van der Waals surface area (Å²) >= 11 is 6.06. The minimum atomic E-state index is -0.284. The zero-order chi connectivity index (χ0) is 15.4. The summed E-state index contributed by atoms with van der Waals surface area (Å²) in [6, 6.07) is 0. The normalized spacial score (nSPS) is 14.3. The van der Waals surface area contributed by atoms with Crippen molar-refractivity contribution in [3.8, 4) is 0 Å². The topological polar surface area (TPSA) is 75.9 Å². The van der Waals surface area contributed by atoms with E-state index in [2.05, 4.69) is 25.2 Å². The molecule has 2 aromatic heterocycles. The molecule has 1 fully saturated rings. The highest BCUT2D eigenvalue weighted by Crippen LogP contribution is 2.19. The number of amides is 1. The van der Waals surface area contributed by atoms with E-state index in [1.54, 1.807) is 12.5 Å². The second kappa shape index (κ2) is 6.74. The molecule has 0 spiro atoms. The third kappa shape index (κ3) is 3.36. The van der Waals surface area contributed by atoms with Crippen molar-refractivity contribution in [3.63, 3.8) is 0 Å². The number of anilines is 1. The lowest BCUT2D eigenvalue weighted by Gasteiger charge is -2.16. The molecule has 0 atom stereocenters. The van der Waals surface area contributed by atoms with Gasteiger partial charge in [0.05, 0.1) is 17.5 Å². The van der Waals surface area contributed by atoms with Gasteiger partial charge in [0, 0.05) is 38.6 Å². The van der Waals surface area contributed by atoms with E-state index >= 15 is 0 Å². The lowest BCUT2D eigenvalue weighted by Crippen LogP contribution is -2.29. The predicted molar refractivity (Wildman–Crippen MR) is 83.0 cm³/mol. The van der Waals surface area contributed by atoms with Crippen LogP contribution in [0.3, 0.4) is 0 Å². The van der Waals surface area contributed by atoms with Gasteiger partial charge in [0.2, 0.25) is 5.95 Å². The van der Waals surface area contributed by atoms with Crippen molar-refractivity contribution in [2.45, 2.75) is 19.4 Å². The number of halogens is 1. The molecule has 1 amide bonds. The second-order valence-corrected chi connectivity index (χ2v) is 5.52. The van der Waals surface area contributed by atoms with E-state index in [1.807, 2.05) is 10.8 Å². The van der Waals surface area contributed by atoms with E-state index in [4.69, 9.17) is 11.6 Å². The largest absolute Gasteiger partial charge is 0.349 e. The second-order valence-electron chi connectivity index (χ2n) is 5.12. The Bertz CT molecular complexity index is 639. The first-order chi connectivity index (χ1) is 10.7. The van der Waals surface area contributed by atoms with Gasteiger partial charge in [-0.15, -0.1) is 0 Å². The summed E-state index contributed by atoms with van der Waals surface area (Å²) in [7, 11) is 0. The van der Waals surface area contributed by atoms with Crippen LogP contribution in [0.15, 0.2) is 24.9 Å². The first kappa shape index (κ1) is 14.8. The molecule has 0 aliphatic carbocycles. The number of nitrogens with zero attached hydrogens (tertiary/aromatic N) is 5. The minimum absolute atomic E-state index is 0.226. The molecule has 0 bridgehead atoms. The van der Waals surface area contributed by atoms with E-state index < -0.39 is 0 Å². The maximum absolute atomic E-state index is 12.2. The number of aromatic nitrogens is 4. The summed E-state index contributed by atoms with van der Waals surface area (Å²) < 4.78 is 1.89. The molecule has 0 aromatic carbocycles. The molecule has 3 rings (SSSR count). The van der Waals surface area contributed by atoms with Crippen LogP contribution in [0.2, 0.25) is 5.02 Å². The molecule has 7 nitrogen and oxygen atoms in total. The van der Waals surface area contributed by atoms with Crippen LogP contribution in [0.5, 0.6) is 0 Å². The zero-order valence-electron chi connectivity index (χ0n) is 12.1. The van der Waals surface area contributed by atoms with Crippen LogP contribution in [0.4, 0.5) is 5.95 Å². The van der Waals surface area contributed by atoms with E-state index in [0.29, 0.717) is 19.0 Å². The van der Waals surface area contributed by atoms with Crippen LogP contribution in [0, 0.1) is 0 Å². The number of hydrogen-bond acceptors (Lipinski definition) is 5. The fraction of sp³-hybridized carbons (Fsp3) is 0.429. The van der Waals surface area contributed by atoms with Gasteiger partial charge in [-0.25, -0.2) is 15.0 Å². The fourth-order valence-electron chi connectivity index (χ4n) is 2.39. The molecule has 8 heteroatoms. The van der Waals surface area contributed by atoms with Crippen molar-refractivity contribution in [1.29, 1.82) is 0 Å². The van der Waals surface area contributed by atoms with E-state index in [0.717, 1.165) is 25.9 Å². The van der Waals surface area contributed by atoms with Gasteiger partial charge in [-0.05, 0) is 12.8 Å². The summed E-state index contributed by atoms with van der Waals surface area (Å²) in [6.45, 7) is 2.97. The average molecular weight is 321 g/mol. The summed E-state index contributed by atoms with van der Waals surface area (Å²) in [6.07, 6.45) is 8.99. The number of nitrogens with one attached hydrogen (secondary N) is 1. The molecule has 2 aromatic rings. The number of carbonyl (C=O) groups is 1. The van der Waals surface area contributed by atoms with Gasteiger partial charge in [-0.3, -0.25) is 4.79 Å². The van der Waals surface area contributed by atoms with Gasteiger partial charge in [-0.1, -0.05) is 11.6 Å². The molecule has 0 radical (unpaired) electrons. The number of hydrogen-bond donors (Lipinski definition) is 1. The monoisotopic (exact) mass is 320 g/mol. The molecule has 0 unspecified atom stereocenters. The highest BCUT2D eigenvalue weighted by molar-refractivity contribution is 6.33. The van der Waals surface area contributed by atoms with E-state index in [1.165, 1.54) is 6.20 Å². The Morgan fingerprint density at radius 2 is 2.18 bits per heavy atom. The molecule has 1 aliphatic rings. The smallest absolute Gasteiger partial charge is 0.271 e. The summed E-state index contributed by atoms with van der Waals surface area (Å²) in [5, 5.41) is 3.08. The summed E-state index contributed by atoms with van der Waals surface area (Å²) in [4.78, 5) is 26.8. The van der Waals surface area contributed by atoms with Crippen LogP contribution in [-0.4, -0.2) is 45.1 Å². The van der Waals surface area contributed by atoms with Gasteiger partial charge in [0.25, 0.3) is 5.91 Å². The lowest BCUT2D eigenvalue weighted by atomic mass is 10.3. The van der Waals surface area contributed by atoms with Crippen molar-refractivity contribution >= 4 is 23.5 Å². The quantitative estimate of drug-likeness (QED) is 0.900. The summed E-state index contributed by atoms with van der Waals surface area (Å²) in [5.41, 5.74) is 0.226. The van der Waals surface area contributed by atoms with Crippen LogP contribution in [0.1, 0.15) is 23.3 Å². The lowest BCUT2D eigenvalue weighted by molar-refractivity contribution is 0.0947. The highest BCUT2D eigenvalue weighted by Gasteiger charge is 2.19. The van der Waals surface area contributed by atoms with Crippen LogP contribution in [-0.2, 0) is 6.54 Å². The van der Waals surface area contributed by atoms with Crippen molar-refractivity contribution in [2.24, 2.45) is 0 Å². The molecule has 116 valence electrons. The molecular formula is C14H17ClN6O. The molecule has 1 N–H and O–H groups in total. The molecule has 22 heavy (non-hydrogen) atoms. The van der Waals surface area contributed by atoms with Crippen LogP contribution < -0.4 is 10.2 Å². The molecule has 0 saturated carbocycles. The van der Waals surface area contributed by atoms with Gasteiger partial charge in [0.15, 0.2) is 5.69 Å². The Kier molecular flexibility index (Phi) is 4.53. The minimum Gasteiger partial charge on any atom is -0.349 e. The van der Waals surface area contributed by atoms with Crippen LogP contribution in [0.25, 0.3) is 0 Å². The fourth-order valence-corrected chi connectivity index (χ4v) is 2.56. The van der Waals surface area contributed by atoms with Gasteiger partial charge in [0.1, 0.15) is 0 Å². The average Bonchev–Trinajstić information content (AvgIpc) is 3.21. The Balaban J connectivity index is 1.64. The zero-order valence-corrected chi connectivity index (χ0v) is 12.8. The van der Waals surface area contributed by atoms with Crippen molar-refractivity contribution in [2.75, 3.05) is 24.5 Å². The first-order valence-electron chi connectivity index (χ1n) is 7.25. The molecule has 3 heterocycles. The standard InChI is InChI=1S/C14H17ClN6O/c15-11-9-18-14(21-5-1-2-6-21)19-12(11)13(22)17-4-8-20-7-3-16-10-20/h3,7,9-10H,1-2,4-6,8H2,(H,17,22). The molecule has 1 saturated heterocycles. The van der Waals surface area contributed by atoms with E-state index in [9.17, 15) is 4.79 Å². The highest BCUT2D eigenvalue weighted by atomic mass is 35.5. The molecular weight excluding hydrogens is 304 g/mol. The number of rotatable bonds is 5. The maximum atomic E-state index is 12.2. The Hall–Kier alpha value is -2.15. The van der Waals surface area contributed by atoms with Gasteiger partial charge < -0.3 is 14.8 Å². The molecule has 1 aliphatic heterocycles. The van der Waals surface area contributed by atoms with Gasteiger partial charge >= 0.3 is 0 Å². The number of imidazole rings is 1.